The predicted octanol–water partition coefficient (Wildman–Crippen LogP) is 3.15. The van der Waals surface area contributed by atoms with Crippen molar-refractivity contribution < 1.29 is 23.1 Å². The fourth-order valence-electron chi connectivity index (χ4n) is 4.25. The van der Waals surface area contributed by atoms with E-state index in [0.29, 0.717) is 43.4 Å². The van der Waals surface area contributed by atoms with Gasteiger partial charge < -0.3 is 23.8 Å². The highest BCUT2D eigenvalue weighted by molar-refractivity contribution is 7.80. The number of rotatable bonds is 6. The normalized spacial score (nSPS) is 21.2. The van der Waals surface area contributed by atoms with Gasteiger partial charge in [0.05, 0.1) is 6.61 Å². The lowest BCUT2D eigenvalue weighted by atomic mass is 9.87. The van der Waals surface area contributed by atoms with Gasteiger partial charge in [0.1, 0.15) is 0 Å². The molecule has 0 aromatic heterocycles. The zero-order chi connectivity index (χ0) is 21.5. The molecular weight excluding hydrogens is 406 g/mol. The van der Waals surface area contributed by atoms with Gasteiger partial charge in [0.25, 0.3) is 5.91 Å². The molecule has 1 saturated carbocycles. The molecule has 2 fully saturated rings. The van der Waals surface area contributed by atoms with Crippen LogP contribution in [-0.2, 0) is 16.0 Å². The molecule has 1 aromatic rings. The number of hydrogen-bond acceptors (Lipinski definition) is 5. The molecule has 3 rings (SSSR count). The Labute approximate surface area is 180 Å². The van der Waals surface area contributed by atoms with E-state index in [1.165, 1.54) is 32.1 Å². The molecule has 30 heavy (non-hydrogen) atoms. The molecule has 1 aliphatic heterocycles. The number of amides is 2. The molecule has 1 unspecified atom stereocenters. The van der Waals surface area contributed by atoms with E-state index in [4.69, 9.17) is 4.74 Å². The minimum Gasteiger partial charge on any atom is -0.755 e. The highest BCUT2D eigenvalue weighted by atomic mass is 32.2. The summed E-state index contributed by atoms with van der Waals surface area (Å²) in [4.78, 5) is 28.6. The first-order valence-corrected chi connectivity index (χ1v) is 11.7. The highest BCUT2D eigenvalue weighted by Gasteiger charge is 2.31. The number of nitrogens with one attached hydrogen (secondary N) is 1. The topological polar surface area (TPSA) is 102 Å². The summed E-state index contributed by atoms with van der Waals surface area (Å²) < 4.78 is 29.1. The Hall–Kier alpha value is -2.13. The third-order valence-electron chi connectivity index (χ3n) is 5.96. The molecule has 1 aromatic carbocycles. The van der Waals surface area contributed by atoms with E-state index >= 15 is 0 Å². The lowest BCUT2D eigenvalue weighted by Gasteiger charge is -2.39. The van der Waals surface area contributed by atoms with Crippen molar-refractivity contribution in [2.75, 3.05) is 31.0 Å². The van der Waals surface area contributed by atoms with E-state index in [2.05, 4.69) is 4.72 Å². The van der Waals surface area contributed by atoms with E-state index in [9.17, 15) is 18.4 Å². The summed E-state index contributed by atoms with van der Waals surface area (Å²) in [5.41, 5.74) is 0.876. The van der Waals surface area contributed by atoms with Gasteiger partial charge in [-0.3, -0.25) is 9.00 Å². The van der Waals surface area contributed by atoms with Crippen molar-refractivity contribution in [3.05, 3.63) is 29.8 Å². The fraction of sp³-hybridized carbons (Fsp3) is 0.619. The standard InChI is InChI=1S/C21H31N3O5S/c1-16-15-23(21(26)29-14-11-17-5-3-2-4-6-17)12-13-24(16)20(25)18-7-9-19(10-8-18)22-30(27)28/h7-10,16-17,22H,2-6,11-15H2,1H3,(H,27,28)/p-1/t16-/m1/s1. The maximum Gasteiger partial charge on any atom is 0.409 e. The molecule has 2 aliphatic rings. The van der Waals surface area contributed by atoms with Crippen molar-refractivity contribution in [1.29, 1.82) is 0 Å². The van der Waals surface area contributed by atoms with E-state index in [1.54, 1.807) is 34.1 Å². The second kappa shape index (κ2) is 10.8. The zero-order valence-electron chi connectivity index (χ0n) is 17.4. The summed E-state index contributed by atoms with van der Waals surface area (Å²) in [7, 11) is 0. The van der Waals surface area contributed by atoms with Crippen LogP contribution in [-0.4, -0.2) is 62.8 Å². The van der Waals surface area contributed by atoms with Crippen molar-refractivity contribution >= 4 is 29.0 Å². The van der Waals surface area contributed by atoms with E-state index in [0.717, 1.165) is 6.42 Å². The summed E-state index contributed by atoms with van der Waals surface area (Å²) in [6.07, 6.45) is 6.99. The van der Waals surface area contributed by atoms with Crippen LogP contribution in [0.15, 0.2) is 24.3 Å². The van der Waals surface area contributed by atoms with Crippen LogP contribution in [0.1, 0.15) is 55.8 Å². The second-order valence-corrected chi connectivity index (χ2v) is 8.79. The van der Waals surface area contributed by atoms with Crippen molar-refractivity contribution in [2.45, 2.75) is 51.5 Å². The van der Waals surface area contributed by atoms with Gasteiger partial charge in [-0.2, -0.15) is 0 Å². The summed E-state index contributed by atoms with van der Waals surface area (Å²) in [5, 5.41) is 0. The lowest BCUT2D eigenvalue weighted by Crippen LogP contribution is -2.55. The molecule has 1 heterocycles. The number of ether oxygens (including phenoxy) is 1. The summed E-state index contributed by atoms with van der Waals surface area (Å²) in [6.45, 7) is 3.68. The van der Waals surface area contributed by atoms with Crippen LogP contribution >= 0.6 is 0 Å². The molecule has 2 atom stereocenters. The molecule has 0 radical (unpaired) electrons. The molecular formula is C21H30N3O5S-. The van der Waals surface area contributed by atoms with Gasteiger partial charge in [0.15, 0.2) is 0 Å². The van der Waals surface area contributed by atoms with Gasteiger partial charge in [-0.15, -0.1) is 0 Å². The van der Waals surface area contributed by atoms with Crippen LogP contribution in [0.5, 0.6) is 0 Å². The van der Waals surface area contributed by atoms with Crippen LogP contribution in [0, 0.1) is 5.92 Å². The van der Waals surface area contributed by atoms with Crippen LogP contribution < -0.4 is 4.72 Å². The maximum atomic E-state index is 12.8. The Balaban J connectivity index is 1.46. The molecule has 0 spiro atoms. The molecule has 8 nitrogen and oxygen atoms in total. The van der Waals surface area contributed by atoms with Crippen molar-refractivity contribution in [1.82, 2.24) is 9.80 Å². The molecule has 9 heteroatoms. The van der Waals surface area contributed by atoms with Crippen molar-refractivity contribution in [3.8, 4) is 0 Å². The molecule has 0 bridgehead atoms. The SMILES string of the molecule is C[C@@H]1CN(C(=O)OCCC2CCCCC2)CCN1C(=O)c1ccc(NS(=O)[O-])cc1. The molecule has 1 aliphatic carbocycles. The molecule has 1 saturated heterocycles. The number of nitrogens with zero attached hydrogens (tertiary/aromatic N) is 2. The predicted molar refractivity (Wildman–Crippen MR) is 114 cm³/mol. The average Bonchev–Trinajstić information content (AvgIpc) is 2.74. The lowest BCUT2D eigenvalue weighted by molar-refractivity contribution is 0.0398. The zero-order valence-corrected chi connectivity index (χ0v) is 18.2. The number of carbonyl (C=O) groups excluding carboxylic acids is 2. The summed E-state index contributed by atoms with van der Waals surface area (Å²) in [6, 6.07) is 6.15. The Bertz CT molecular complexity index is 752. The Kier molecular flexibility index (Phi) is 8.09. The van der Waals surface area contributed by atoms with Gasteiger partial charge >= 0.3 is 6.09 Å². The largest absolute Gasteiger partial charge is 0.755 e. The second-order valence-electron chi connectivity index (χ2n) is 8.11. The first-order valence-electron chi connectivity index (χ1n) is 10.6. The van der Waals surface area contributed by atoms with Gasteiger partial charge in [-0.05, 0) is 43.5 Å². The first kappa shape index (κ1) is 22.6. The summed E-state index contributed by atoms with van der Waals surface area (Å²) >= 11 is -2.40. The number of benzene rings is 1. The summed E-state index contributed by atoms with van der Waals surface area (Å²) in [5.74, 6) is 0.540. The molecule has 1 N–H and O–H groups in total. The van der Waals surface area contributed by atoms with Gasteiger partial charge in [0, 0.05) is 48.2 Å². The van der Waals surface area contributed by atoms with Crippen molar-refractivity contribution in [3.63, 3.8) is 0 Å². The third kappa shape index (κ3) is 6.18. The Morgan fingerprint density at radius 3 is 2.50 bits per heavy atom. The number of carbonyl (C=O) groups is 2. The van der Waals surface area contributed by atoms with Crippen LogP contribution in [0.3, 0.4) is 0 Å². The minimum absolute atomic E-state index is 0.135. The van der Waals surface area contributed by atoms with Gasteiger partial charge in [0.2, 0.25) is 0 Å². The van der Waals surface area contributed by atoms with E-state index < -0.39 is 11.3 Å². The molecule has 2 amide bonds. The fourth-order valence-corrected chi connectivity index (χ4v) is 4.58. The number of hydrogen-bond donors (Lipinski definition) is 1. The Morgan fingerprint density at radius 1 is 1.17 bits per heavy atom. The Morgan fingerprint density at radius 2 is 1.87 bits per heavy atom. The smallest absolute Gasteiger partial charge is 0.409 e. The van der Waals surface area contributed by atoms with Crippen LogP contribution in [0.25, 0.3) is 0 Å². The average molecular weight is 437 g/mol. The van der Waals surface area contributed by atoms with Crippen LogP contribution in [0.4, 0.5) is 10.5 Å². The maximum absolute atomic E-state index is 12.8. The monoisotopic (exact) mass is 436 g/mol. The highest BCUT2D eigenvalue weighted by Crippen LogP contribution is 2.26. The van der Waals surface area contributed by atoms with Crippen LogP contribution in [0.2, 0.25) is 0 Å². The van der Waals surface area contributed by atoms with Gasteiger partial charge in [-0.1, -0.05) is 32.1 Å². The van der Waals surface area contributed by atoms with Crippen molar-refractivity contribution in [2.24, 2.45) is 5.92 Å². The number of anilines is 1. The first-order chi connectivity index (χ1) is 14.4. The third-order valence-corrected chi connectivity index (χ3v) is 6.36. The number of piperazine rings is 1. The minimum atomic E-state index is -2.40. The van der Waals surface area contributed by atoms with E-state index in [-0.39, 0.29) is 18.0 Å². The molecule has 166 valence electrons. The van der Waals surface area contributed by atoms with Gasteiger partial charge in [-0.25, -0.2) is 4.79 Å². The van der Waals surface area contributed by atoms with E-state index in [1.807, 2.05) is 6.92 Å². The quantitative estimate of drug-likeness (QED) is 0.690.